The first-order valence-electron chi connectivity index (χ1n) is 10.3. The third-order valence-electron chi connectivity index (χ3n) is 6.21. The Labute approximate surface area is 166 Å². The molecule has 6 heteroatoms. The Morgan fingerprint density at radius 3 is 2.71 bits per heavy atom. The predicted molar refractivity (Wildman–Crippen MR) is 107 cm³/mol. The zero-order chi connectivity index (χ0) is 19.7. The lowest BCUT2D eigenvalue weighted by Crippen LogP contribution is -2.45. The summed E-state index contributed by atoms with van der Waals surface area (Å²) in [5.41, 5.74) is 2.92. The molecule has 0 aliphatic carbocycles. The molecule has 2 fully saturated rings. The van der Waals surface area contributed by atoms with Gasteiger partial charge in [0.2, 0.25) is 0 Å². The van der Waals surface area contributed by atoms with Gasteiger partial charge in [-0.2, -0.15) is 5.10 Å². The molecule has 0 saturated carbocycles. The Kier molecular flexibility index (Phi) is 5.23. The Morgan fingerprint density at radius 2 is 1.96 bits per heavy atom. The summed E-state index contributed by atoms with van der Waals surface area (Å²) in [7, 11) is 0. The summed E-state index contributed by atoms with van der Waals surface area (Å²) < 4.78 is 15.0. The van der Waals surface area contributed by atoms with Crippen molar-refractivity contribution in [1.29, 1.82) is 0 Å². The second-order valence-corrected chi connectivity index (χ2v) is 8.40. The molecule has 0 bridgehead atoms. The minimum atomic E-state index is -0.189. The summed E-state index contributed by atoms with van der Waals surface area (Å²) >= 11 is 0. The molecule has 1 unspecified atom stereocenters. The number of aromatic nitrogens is 2. The van der Waals surface area contributed by atoms with Crippen LogP contribution in [0.1, 0.15) is 47.9 Å². The molecule has 2 aliphatic rings. The van der Waals surface area contributed by atoms with Gasteiger partial charge in [0, 0.05) is 38.1 Å². The van der Waals surface area contributed by atoms with Gasteiger partial charge in [-0.25, -0.2) is 4.39 Å². The molecule has 2 aromatic rings. The van der Waals surface area contributed by atoms with Crippen molar-refractivity contribution in [3.63, 3.8) is 0 Å². The number of nitrogens with zero attached hydrogens (tertiary/aromatic N) is 4. The molecule has 0 radical (unpaired) electrons. The van der Waals surface area contributed by atoms with Crippen molar-refractivity contribution in [3.05, 3.63) is 53.1 Å². The number of carbonyl (C=O) groups is 1. The van der Waals surface area contributed by atoms with E-state index in [9.17, 15) is 9.18 Å². The van der Waals surface area contributed by atoms with Gasteiger partial charge in [0.05, 0.1) is 5.69 Å². The number of aryl methyl sites for hydroxylation is 2. The number of likely N-dealkylation sites (tertiary alicyclic amines) is 2. The normalized spacial score (nSPS) is 22.9. The van der Waals surface area contributed by atoms with Crippen molar-refractivity contribution in [2.75, 3.05) is 26.2 Å². The number of rotatable bonds is 4. The topological polar surface area (TPSA) is 41.4 Å². The number of hydrogen-bond donors (Lipinski definition) is 0. The summed E-state index contributed by atoms with van der Waals surface area (Å²) in [5, 5.41) is 4.42. The second kappa shape index (κ2) is 7.66. The molecule has 5 nitrogen and oxygen atoms in total. The van der Waals surface area contributed by atoms with Gasteiger partial charge in [0.1, 0.15) is 11.5 Å². The highest BCUT2D eigenvalue weighted by molar-refractivity contribution is 5.93. The van der Waals surface area contributed by atoms with Gasteiger partial charge in [-0.05, 0) is 63.4 Å². The van der Waals surface area contributed by atoms with E-state index in [1.54, 1.807) is 0 Å². The Bertz CT molecular complexity index is 847. The number of halogens is 1. The lowest BCUT2D eigenvalue weighted by atomic mass is 9.79. The van der Waals surface area contributed by atoms with Crippen LogP contribution in [0.2, 0.25) is 0 Å². The molecule has 2 saturated heterocycles. The average molecular weight is 384 g/mol. The van der Waals surface area contributed by atoms with Gasteiger partial charge in [-0.3, -0.25) is 14.4 Å². The van der Waals surface area contributed by atoms with Crippen LogP contribution in [0.3, 0.4) is 0 Å². The van der Waals surface area contributed by atoms with Crippen molar-refractivity contribution in [2.24, 2.45) is 5.41 Å². The van der Waals surface area contributed by atoms with E-state index in [1.807, 2.05) is 41.6 Å². The molecule has 1 aromatic heterocycles. The fourth-order valence-corrected chi connectivity index (χ4v) is 4.86. The first kappa shape index (κ1) is 19.1. The van der Waals surface area contributed by atoms with E-state index in [0.717, 1.165) is 56.8 Å². The van der Waals surface area contributed by atoms with Crippen molar-refractivity contribution in [3.8, 4) is 0 Å². The lowest BCUT2D eigenvalue weighted by Gasteiger charge is -2.40. The van der Waals surface area contributed by atoms with E-state index >= 15 is 0 Å². The molecular formula is C22H29FN4O. The second-order valence-electron chi connectivity index (χ2n) is 8.40. The van der Waals surface area contributed by atoms with Crippen LogP contribution in [0.25, 0.3) is 0 Å². The number of benzene rings is 1. The first-order chi connectivity index (χ1) is 13.5. The van der Waals surface area contributed by atoms with Crippen molar-refractivity contribution < 1.29 is 9.18 Å². The molecule has 1 spiro atoms. The molecule has 28 heavy (non-hydrogen) atoms. The molecule has 0 N–H and O–H groups in total. The molecule has 150 valence electrons. The van der Waals surface area contributed by atoms with Crippen LogP contribution in [0.15, 0.2) is 30.3 Å². The lowest BCUT2D eigenvalue weighted by molar-refractivity contribution is 0.0666. The maximum Gasteiger partial charge on any atom is 0.272 e. The van der Waals surface area contributed by atoms with E-state index in [1.165, 1.54) is 18.6 Å². The number of amides is 1. The fourth-order valence-electron chi connectivity index (χ4n) is 4.86. The van der Waals surface area contributed by atoms with Crippen LogP contribution in [-0.4, -0.2) is 51.7 Å². The summed E-state index contributed by atoms with van der Waals surface area (Å²) in [6.07, 6.45) is 3.37. The van der Waals surface area contributed by atoms with Gasteiger partial charge in [0.25, 0.3) is 5.91 Å². The predicted octanol–water partition coefficient (Wildman–Crippen LogP) is 3.48. The zero-order valence-corrected chi connectivity index (χ0v) is 16.8. The van der Waals surface area contributed by atoms with Crippen LogP contribution in [-0.2, 0) is 13.1 Å². The van der Waals surface area contributed by atoms with E-state index in [4.69, 9.17) is 0 Å². The molecule has 1 aromatic carbocycles. The average Bonchev–Trinajstić information content (AvgIpc) is 3.27. The highest BCUT2D eigenvalue weighted by atomic mass is 19.1. The van der Waals surface area contributed by atoms with Crippen LogP contribution in [0, 0.1) is 18.2 Å². The maximum absolute atomic E-state index is 13.2. The summed E-state index contributed by atoms with van der Waals surface area (Å²) in [5.74, 6) is -0.0830. The summed E-state index contributed by atoms with van der Waals surface area (Å²) in [6, 6.07) is 8.71. The largest absolute Gasteiger partial charge is 0.337 e. The van der Waals surface area contributed by atoms with E-state index in [2.05, 4.69) is 10.00 Å². The molecular weight excluding hydrogens is 355 g/mol. The van der Waals surface area contributed by atoms with Gasteiger partial charge < -0.3 is 4.90 Å². The SMILES string of the molecule is CCn1nc(C)cc1C(=O)N1CCC2(CCCN(Cc3ccc(F)cc3)C2)C1. The van der Waals surface area contributed by atoms with Crippen molar-refractivity contribution in [1.82, 2.24) is 19.6 Å². The van der Waals surface area contributed by atoms with Gasteiger partial charge in [-0.1, -0.05) is 12.1 Å². The monoisotopic (exact) mass is 384 g/mol. The van der Waals surface area contributed by atoms with Gasteiger partial charge >= 0.3 is 0 Å². The maximum atomic E-state index is 13.2. The van der Waals surface area contributed by atoms with Gasteiger partial charge in [0.15, 0.2) is 0 Å². The number of carbonyl (C=O) groups excluding carboxylic acids is 1. The molecule has 2 aliphatic heterocycles. The Balaban J connectivity index is 1.43. The molecule has 1 amide bonds. The van der Waals surface area contributed by atoms with Crippen molar-refractivity contribution in [2.45, 2.75) is 46.2 Å². The molecule has 3 heterocycles. The first-order valence-corrected chi connectivity index (χ1v) is 10.3. The Hall–Kier alpha value is -2.21. The molecule has 1 atom stereocenters. The minimum Gasteiger partial charge on any atom is -0.337 e. The summed E-state index contributed by atoms with van der Waals surface area (Å²) in [4.78, 5) is 17.6. The third kappa shape index (κ3) is 3.83. The number of piperidine rings is 1. The van der Waals surface area contributed by atoms with E-state index in [0.29, 0.717) is 12.2 Å². The Morgan fingerprint density at radius 1 is 1.18 bits per heavy atom. The van der Waals surface area contributed by atoms with Crippen LogP contribution < -0.4 is 0 Å². The van der Waals surface area contributed by atoms with Gasteiger partial charge in [-0.15, -0.1) is 0 Å². The molecule has 4 rings (SSSR count). The van der Waals surface area contributed by atoms with Crippen LogP contribution in [0.5, 0.6) is 0 Å². The number of hydrogen-bond acceptors (Lipinski definition) is 3. The fraction of sp³-hybridized carbons (Fsp3) is 0.545. The standard InChI is InChI=1S/C22H29FN4O/c1-3-27-20(13-17(2)24-27)21(28)26-12-10-22(16-26)9-4-11-25(15-22)14-18-5-7-19(23)8-6-18/h5-8,13H,3-4,9-12,14-16H2,1-2H3. The highest BCUT2D eigenvalue weighted by Crippen LogP contribution is 2.39. The van der Waals surface area contributed by atoms with E-state index < -0.39 is 0 Å². The van der Waals surface area contributed by atoms with Crippen molar-refractivity contribution >= 4 is 5.91 Å². The van der Waals surface area contributed by atoms with Crippen LogP contribution in [0.4, 0.5) is 4.39 Å². The van der Waals surface area contributed by atoms with E-state index in [-0.39, 0.29) is 17.1 Å². The zero-order valence-electron chi connectivity index (χ0n) is 16.8. The third-order valence-corrected chi connectivity index (χ3v) is 6.21. The highest BCUT2D eigenvalue weighted by Gasteiger charge is 2.43. The van der Waals surface area contributed by atoms with Crippen LogP contribution >= 0.6 is 0 Å². The smallest absolute Gasteiger partial charge is 0.272 e. The summed E-state index contributed by atoms with van der Waals surface area (Å²) in [6.45, 7) is 9.20. The quantitative estimate of drug-likeness (QED) is 0.810. The minimum absolute atomic E-state index is 0.106.